The fraction of sp³-hybridized carbons (Fsp3) is 0.462. The number of amides is 2. The predicted octanol–water partition coefficient (Wildman–Crippen LogP) is 5.32. The number of nitrogens with one attached hydrogen (secondary N) is 1. The molecule has 0 saturated heterocycles. The lowest BCUT2D eigenvalue weighted by molar-refractivity contribution is -0.142. The third-order valence-corrected chi connectivity index (χ3v) is 6.24. The van der Waals surface area contributed by atoms with Gasteiger partial charge in [0.05, 0.1) is 0 Å². The normalized spacial score (nSPS) is 14.9. The molecule has 3 rings (SSSR count). The number of carbonyl (C=O) groups is 2. The molecule has 1 N–H and O–H groups in total. The second-order valence-corrected chi connectivity index (χ2v) is 9.24. The Bertz CT molecular complexity index is 925. The van der Waals surface area contributed by atoms with E-state index in [1.807, 2.05) is 42.5 Å². The minimum absolute atomic E-state index is 0.130. The summed E-state index contributed by atoms with van der Waals surface area (Å²) in [6, 6.07) is 14.7. The van der Waals surface area contributed by atoms with Gasteiger partial charge in [0.1, 0.15) is 11.8 Å². The molecule has 172 valence electrons. The lowest BCUT2D eigenvalue weighted by Gasteiger charge is -2.30. The van der Waals surface area contributed by atoms with E-state index in [1.54, 1.807) is 17.9 Å². The maximum Gasteiger partial charge on any atom is 0.261 e. The molecule has 2 aromatic carbocycles. The van der Waals surface area contributed by atoms with Gasteiger partial charge in [0.15, 0.2) is 6.61 Å². The Hall–Kier alpha value is -2.53. The van der Waals surface area contributed by atoms with Crippen molar-refractivity contribution in [1.82, 2.24) is 10.2 Å². The fourth-order valence-electron chi connectivity index (χ4n) is 4.12. The van der Waals surface area contributed by atoms with Gasteiger partial charge >= 0.3 is 0 Å². The van der Waals surface area contributed by atoms with Crippen LogP contribution in [-0.2, 0) is 16.1 Å². The molecule has 0 heterocycles. The molecule has 2 amide bonds. The maximum absolute atomic E-state index is 13.3. The summed E-state index contributed by atoms with van der Waals surface area (Å²) in [6.07, 6.45) is 4.26. The second-order valence-electron chi connectivity index (χ2n) is 8.80. The molecule has 0 bridgehead atoms. The molecule has 1 aliphatic carbocycles. The van der Waals surface area contributed by atoms with Crippen molar-refractivity contribution < 1.29 is 14.3 Å². The average Bonchev–Trinajstić information content (AvgIpc) is 3.28. The van der Waals surface area contributed by atoms with E-state index in [2.05, 4.69) is 19.2 Å². The molecule has 0 spiro atoms. The van der Waals surface area contributed by atoms with E-state index in [0.29, 0.717) is 10.8 Å². The van der Waals surface area contributed by atoms with Crippen LogP contribution >= 0.6 is 11.6 Å². The van der Waals surface area contributed by atoms with Crippen molar-refractivity contribution in [1.29, 1.82) is 0 Å². The minimum Gasteiger partial charge on any atom is -0.483 e. The first-order chi connectivity index (χ1) is 15.3. The van der Waals surface area contributed by atoms with Crippen LogP contribution in [0.25, 0.3) is 0 Å². The molecule has 32 heavy (non-hydrogen) atoms. The van der Waals surface area contributed by atoms with E-state index in [-0.39, 0.29) is 36.9 Å². The highest BCUT2D eigenvalue weighted by atomic mass is 35.5. The summed E-state index contributed by atoms with van der Waals surface area (Å²) in [5, 5.41) is 3.71. The number of carbonyl (C=O) groups excluding carboxylic acids is 2. The molecule has 1 aliphatic rings. The van der Waals surface area contributed by atoms with Crippen molar-refractivity contribution in [3.63, 3.8) is 0 Å². The second kappa shape index (κ2) is 11.4. The van der Waals surface area contributed by atoms with E-state index < -0.39 is 6.04 Å². The van der Waals surface area contributed by atoms with Crippen molar-refractivity contribution >= 4 is 23.4 Å². The van der Waals surface area contributed by atoms with Crippen LogP contribution in [0.15, 0.2) is 48.5 Å². The van der Waals surface area contributed by atoms with Crippen molar-refractivity contribution in [3.05, 3.63) is 64.7 Å². The number of nitrogens with zero attached hydrogens (tertiary/aromatic N) is 1. The number of para-hydroxylation sites is 1. The SMILES string of the molecule is CC(C)c1ccccc1OCC(=O)N(Cc1cccc(Cl)c1)C(C)C(=O)NC1CCCC1. The first-order valence-electron chi connectivity index (χ1n) is 11.4. The van der Waals surface area contributed by atoms with Crippen LogP contribution in [-0.4, -0.2) is 35.4 Å². The Morgan fingerprint density at radius 2 is 1.81 bits per heavy atom. The molecule has 0 radical (unpaired) electrons. The number of rotatable bonds is 9. The first-order valence-corrected chi connectivity index (χ1v) is 11.8. The molecule has 0 aliphatic heterocycles. The largest absolute Gasteiger partial charge is 0.483 e. The summed E-state index contributed by atoms with van der Waals surface area (Å²) >= 11 is 6.14. The maximum atomic E-state index is 13.3. The molecule has 6 heteroatoms. The lowest BCUT2D eigenvalue weighted by atomic mass is 10.0. The molecule has 0 aromatic heterocycles. The van der Waals surface area contributed by atoms with Crippen LogP contribution in [0.4, 0.5) is 0 Å². The summed E-state index contributed by atoms with van der Waals surface area (Å²) in [5.74, 6) is 0.606. The highest BCUT2D eigenvalue weighted by Gasteiger charge is 2.29. The Morgan fingerprint density at radius 1 is 1.09 bits per heavy atom. The highest BCUT2D eigenvalue weighted by Crippen LogP contribution is 2.26. The van der Waals surface area contributed by atoms with E-state index in [0.717, 1.165) is 36.8 Å². The topological polar surface area (TPSA) is 58.6 Å². The van der Waals surface area contributed by atoms with Gasteiger partial charge in [-0.3, -0.25) is 9.59 Å². The van der Waals surface area contributed by atoms with Crippen LogP contribution in [0.5, 0.6) is 5.75 Å². The minimum atomic E-state index is -0.619. The Kier molecular flexibility index (Phi) is 8.57. The molecular weight excluding hydrogens is 424 g/mol. The third kappa shape index (κ3) is 6.49. The van der Waals surface area contributed by atoms with Gasteiger partial charge in [-0.15, -0.1) is 0 Å². The van der Waals surface area contributed by atoms with Crippen molar-refractivity contribution in [2.45, 2.75) is 71.0 Å². The highest BCUT2D eigenvalue weighted by molar-refractivity contribution is 6.30. The van der Waals surface area contributed by atoms with Crippen LogP contribution in [0.2, 0.25) is 5.02 Å². The van der Waals surface area contributed by atoms with Gasteiger partial charge in [0, 0.05) is 17.6 Å². The van der Waals surface area contributed by atoms with E-state index in [4.69, 9.17) is 16.3 Å². The average molecular weight is 457 g/mol. The van der Waals surface area contributed by atoms with Crippen LogP contribution in [0, 0.1) is 0 Å². The Balaban J connectivity index is 1.74. The molecule has 1 atom stereocenters. The van der Waals surface area contributed by atoms with Gasteiger partial charge in [-0.25, -0.2) is 0 Å². The molecule has 1 saturated carbocycles. The lowest BCUT2D eigenvalue weighted by Crippen LogP contribution is -2.50. The van der Waals surface area contributed by atoms with Gasteiger partial charge in [0.2, 0.25) is 5.91 Å². The molecule has 1 fully saturated rings. The zero-order chi connectivity index (χ0) is 23.1. The number of ether oxygens (including phenoxy) is 1. The Morgan fingerprint density at radius 3 is 2.50 bits per heavy atom. The van der Waals surface area contributed by atoms with E-state index in [1.165, 1.54) is 0 Å². The molecule has 2 aromatic rings. The van der Waals surface area contributed by atoms with E-state index in [9.17, 15) is 9.59 Å². The summed E-state index contributed by atoms with van der Waals surface area (Å²) in [6.45, 7) is 6.10. The van der Waals surface area contributed by atoms with Crippen molar-refractivity contribution in [3.8, 4) is 5.75 Å². The smallest absolute Gasteiger partial charge is 0.261 e. The number of benzene rings is 2. The zero-order valence-electron chi connectivity index (χ0n) is 19.1. The summed E-state index contributed by atoms with van der Waals surface area (Å²) < 4.78 is 5.92. The molecule has 1 unspecified atom stereocenters. The first kappa shape index (κ1) is 24.1. The Labute approximate surface area is 196 Å². The van der Waals surface area contributed by atoms with Gasteiger partial charge in [0.25, 0.3) is 5.91 Å². The van der Waals surface area contributed by atoms with Gasteiger partial charge in [-0.05, 0) is 55.0 Å². The van der Waals surface area contributed by atoms with Crippen LogP contribution < -0.4 is 10.1 Å². The number of halogens is 1. The van der Waals surface area contributed by atoms with Gasteiger partial charge in [-0.2, -0.15) is 0 Å². The monoisotopic (exact) mass is 456 g/mol. The van der Waals surface area contributed by atoms with Crippen molar-refractivity contribution in [2.24, 2.45) is 0 Å². The summed E-state index contributed by atoms with van der Waals surface area (Å²) in [7, 11) is 0. The van der Waals surface area contributed by atoms with E-state index >= 15 is 0 Å². The van der Waals surface area contributed by atoms with Crippen LogP contribution in [0.1, 0.15) is 63.5 Å². The van der Waals surface area contributed by atoms with Gasteiger partial charge < -0.3 is 15.0 Å². The number of hydrogen-bond donors (Lipinski definition) is 1. The van der Waals surface area contributed by atoms with Gasteiger partial charge in [-0.1, -0.05) is 68.6 Å². The summed E-state index contributed by atoms with van der Waals surface area (Å²) in [5.41, 5.74) is 1.92. The quantitative estimate of drug-likeness (QED) is 0.555. The molecule has 5 nitrogen and oxygen atoms in total. The van der Waals surface area contributed by atoms with Crippen LogP contribution in [0.3, 0.4) is 0 Å². The third-order valence-electron chi connectivity index (χ3n) is 6.00. The molecular formula is C26H33ClN2O3. The predicted molar refractivity (Wildman–Crippen MR) is 128 cm³/mol. The van der Waals surface area contributed by atoms with Crippen molar-refractivity contribution in [2.75, 3.05) is 6.61 Å². The standard InChI is InChI=1S/C26H33ClN2O3/c1-18(2)23-13-6-7-14-24(23)32-17-25(30)29(16-20-9-8-10-21(27)15-20)19(3)26(31)28-22-11-4-5-12-22/h6-10,13-15,18-19,22H,4-5,11-12,16-17H2,1-3H3,(H,28,31). The summed E-state index contributed by atoms with van der Waals surface area (Å²) in [4.78, 5) is 27.8. The fourth-order valence-corrected chi connectivity index (χ4v) is 4.33. The number of hydrogen-bond acceptors (Lipinski definition) is 3. The zero-order valence-corrected chi connectivity index (χ0v) is 19.9.